The number of hydrogen-bond donors (Lipinski definition) is 2. The molecule has 0 aromatic heterocycles. The summed E-state index contributed by atoms with van der Waals surface area (Å²) >= 11 is 0. The normalized spacial score (nSPS) is 15.5. The first-order chi connectivity index (χ1) is 7.95. The first kappa shape index (κ1) is 12.0. The molecule has 2 rings (SSSR count). The molecule has 3 heteroatoms. The summed E-state index contributed by atoms with van der Waals surface area (Å²) in [5.74, 6) is 0. The largest absolute Gasteiger partial charge is 0.335 e. The van der Waals surface area contributed by atoms with Crippen LogP contribution in [0.3, 0.4) is 0 Å². The van der Waals surface area contributed by atoms with Crippen LogP contribution in [0.2, 0.25) is 0 Å². The molecule has 0 heterocycles. The van der Waals surface area contributed by atoms with Crippen LogP contribution in [0.4, 0.5) is 10.5 Å². The molecule has 2 amide bonds. The Bertz CT molecular complexity index is 399. The molecule has 1 fully saturated rings. The van der Waals surface area contributed by atoms with E-state index >= 15 is 0 Å². The van der Waals surface area contributed by atoms with Gasteiger partial charge in [-0.2, -0.15) is 0 Å². The Morgan fingerprint density at radius 3 is 2.24 bits per heavy atom. The Morgan fingerprint density at radius 1 is 1.18 bits per heavy atom. The van der Waals surface area contributed by atoms with Crippen molar-refractivity contribution in [3.05, 3.63) is 29.8 Å². The summed E-state index contributed by atoms with van der Waals surface area (Å²) in [5, 5.41) is 5.74. The van der Waals surface area contributed by atoms with E-state index in [0.29, 0.717) is 6.04 Å². The van der Waals surface area contributed by atoms with E-state index in [0.717, 1.165) is 18.5 Å². The van der Waals surface area contributed by atoms with Crippen molar-refractivity contribution in [2.75, 3.05) is 5.32 Å². The van der Waals surface area contributed by atoms with Crippen LogP contribution in [-0.2, 0) is 5.41 Å². The summed E-state index contributed by atoms with van der Waals surface area (Å²) < 4.78 is 0. The SMILES string of the molecule is CC(C)(C)c1ccc(NC(=O)NC2CC2)cc1. The number of carbonyl (C=O) groups is 1. The number of amides is 2. The standard InChI is InChI=1S/C14H20N2O/c1-14(2,3)10-4-6-11(7-5-10)15-13(17)16-12-8-9-12/h4-7,12H,8-9H2,1-3H3,(H2,15,16,17). The molecule has 3 nitrogen and oxygen atoms in total. The third kappa shape index (κ3) is 3.48. The van der Waals surface area contributed by atoms with Gasteiger partial charge in [-0.3, -0.25) is 0 Å². The Hall–Kier alpha value is -1.51. The van der Waals surface area contributed by atoms with Crippen LogP contribution in [0.15, 0.2) is 24.3 Å². The van der Waals surface area contributed by atoms with Gasteiger partial charge in [0.1, 0.15) is 0 Å². The maximum absolute atomic E-state index is 11.5. The van der Waals surface area contributed by atoms with E-state index in [2.05, 4.69) is 43.5 Å². The predicted molar refractivity (Wildman–Crippen MR) is 70.3 cm³/mol. The van der Waals surface area contributed by atoms with E-state index in [1.165, 1.54) is 5.56 Å². The van der Waals surface area contributed by atoms with Crippen LogP contribution in [0.1, 0.15) is 39.2 Å². The van der Waals surface area contributed by atoms with Crippen molar-refractivity contribution in [2.45, 2.75) is 45.1 Å². The van der Waals surface area contributed by atoms with Crippen molar-refractivity contribution in [3.8, 4) is 0 Å². The second-order valence-electron chi connectivity index (χ2n) is 5.70. The van der Waals surface area contributed by atoms with Gasteiger partial charge < -0.3 is 10.6 Å². The summed E-state index contributed by atoms with van der Waals surface area (Å²) in [7, 11) is 0. The molecule has 1 aliphatic carbocycles. The number of rotatable bonds is 2. The lowest BCUT2D eigenvalue weighted by molar-refractivity contribution is 0.251. The molecule has 0 radical (unpaired) electrons. The van der Waals surface area contributed by atoms with E-state index < -0.39 is 0 Å². The predicted octanol–water partition coefficient (Wildman–Crippen LogP) is 3.27. The summed E-state index contributed by atoms with van der Waals surface area (Å²) in [4.78, 5) is 11.5. The van der Waals surface area contributed by atoms with Crippen LogP contribution in [0.25, 0.3) is 0 Å². The van der Waals surface area contributed by atoms with Gasteiger partial charge in [-0.25, -0.2) is 4.79 Å². The van der Waals surface area contributed by atoms with Gasteiger partial charge in [0.2, 0.25) is 0 Å². The molecule has 1 saturated carbocycles. The second-order valence-corrected chi connectivity index (χ2v) is 5.70. The van der Waals surface area contributed by atoms with E-state index in [1.807, 2.05) is 12.1 Å². The first-order valence-electron chi connectivity index (χ1n) is 6.13. The molecule has 17 heavy (non-hydrogen) atoms. The molecule has 1 aromatic carbocycles. The van der Waals surface area contributed by atoms with Crippen molar-refractivity contribution in [2.24, 2.45) is 0 Å². The molecular formula is C14H20N2O. The van der Waals surface area contributed by atoms with Gasteiger partial charge in [0.15, 0.2) is 0 Å². The van der Waals surface area contributed by atoms with E-state index in [-0.39, 0.29) is 11.4 Å². The quantitative estimate of drug-likeness (QED) is 0.807. The maximum atomic E-state index is 11.5. The van der Waals surface area contributed by atoms with Gasteiger partial charge in [-0.1, -0.05) is 32.9 Å². The van der Waals surface area contributed by atoms with Crippen LogP contribution in [-0.4, -0.2) is 12.1 Å². The third-order valence-electron chi connectivity index (χ3n) is 2.92. The lowest BCUT2D eigenvalue weighted by Gasteiger charge is -2.19. The third-order valence-corrected chi connectivity index (χ3v) is 2.92. The highest BCUT2D eigenvalue weighted by Crippen LogP contribution is 2.23. The molecule has 0 atom stereocenters. The van der Waals surface area contributed by atoms with E-state index in [1.54, 1.807) is 0 Å². The summed E-state index contributed by atoms with van der Waals surface area (Å²) in [6.45, 7) is 6.53. The Kier molecular flexibility index (Phi) is 3.09. The molecule has 2 N–H and O–H groups in total. The molecular weight excluding hydrogens is 212 g/mol. The van der Waals surface area contributed by atoms with Crippen molar-refractivity contribution >= 4 is 11.7 Å². The zero-order chi connectivity index (χ0) is 12.5. The van der Waals surface area contributed by atoms with Crippen molar-refractivity contribution in [1.82, 2.24) is 5.32 Å². The number of hydrogen-bond acceptors (Lipinski definition) is 1. The van der Waals surface area contributed by atoms with Gasteiger partial charge in [-0.05, 0) is 36.0 Å². The fraction of sp³-hybridized carbons (Fsp3) is 0.500. The second kappa shape index (κ2) is 4.40. The zero-order valence-corrected chi connectivity index (χ0v) is 10.7. The Labute approximate surface area is 103 Å². The van der Waals surface area contributed by atoms with Crippen LogP contribution < -0.4 is 10.6 Å². The number of benzene rings is 1. The molecule has 0 bridgehead atoms. The van der Waals surface area contributed by atoms with Crippen molar-refractivity contribution in [1.29, 1.82) is 0 Å². The molecule has 1 aliphatic rings. The van der Waals surface area contributed by atoms with Crippen LogP contribution in [0, 0.1) is 0 Å². The molecule has 0 saturated heterocycles. The lowest BCUT2D eigenvalue weighted by Crippen LogP contribution is -2.30. The zero-order valence-electron chi connectivity index (χ0n) is 10.7. The molecule has 0 spiro atoms. The summed E-state index contributed by atoms with van der Waals surface area (Å²) in [6.07, 6.45) is 2.22. The number of anilines is 1. The average molecular weight is 232 g/mol. The highest BCUT2D eigenvalue weighted by atomic mass is 16.2. The fourth-order valence-electron chi connectivity index (χ4n) is 1.63. The molecule has 0 unspecified atom stereocenters. The highest BCUT2D eigenvalue weighted by molar-refractivity contribution is 5.89. The lowest BCUT2D eigenvalue weighted by atomic mass is 9.87. The molecule has 1 aromatic rings. The van der Waals surface area contributed by atoms with Crippen molar-refractivity contribution in [3.63, 3.8) is 0 Å². The minimum atomic E-state index is -0.101. The number of urea groups is 1. The summed E-state index contributed by atoms with van der Waals surface area (Å²) in [6, 6.07) is 8.32. The van der Waals surface area contributed by atoms with Gasteiger partial charge in [-0.15, -0.1) is 0 Å². The topological polar surface area (TPSA) is 41.1 Å². The van der Waals surface area contributed by atoms with Gasteiger partial charge >= 0.3 is 6.03 Å². The summed E-state index contributed by atoms with van der Waals surface area (Å²) in [5.41, 5.74) is 2.26. The van der Waals surface area contributed by atoms with Gasteiger partial charge in [0.25, 0.3) is 0 Å². The van der Waals surface area contributed by atoms with Gasteiger partial charge in [0, 0.05) is 11.7 Å². The Balaban J connectivity index is 1.95. The first-order valence-corrected chi connectivity index (χ1v) is 6.13. The fourth-order valence-corrected chi connectivity index (χ4v) is 1.63. The highest BCUT2D eigenvalue weighted by Gasteiger charge is 2.23. The number of nitrogens with one attached hydrogen (secondary N) is 2. The molecule has 92 valence electrons. The monoisotopic (exact) mass is 232 g/mol. The van der Waals surface area contributed by atoms with Crippen LogP contribution in [0.5, 0.6) is 0 Å². The maximum Gasteiger partial charge on any atom is 0.319 e. The van der Waals surface area contributed by atoms with E-state index in [9.17, 15) is 4.79 Å². The average Bonchev–Trinajstić information content (AvgIpc) is 3.01. The van der Waals surface area contributed by atoms with Crippen LogP contribution >= 0.6 is 0 Å². The van der Waals surface area contributed by atoms with E-state index in [4.69, 9.17) is 0 Å². The minimum absolute atomic E-state index is 0.101. The smallest absolute Gasteiger partial charge is 0.319 e. The minimum Gasteiger partial charge on any atom is -0.335 e. The van der Waals surface area contributed by atoms with Gasteiger partial charge in [0.05, 0.1) is 0 Å². The molecule has 0 aliphatic heterocycles. The van der Waals surface area contributed by atoms with Crippen molar-refractivity contribution < 1.29 is 4.79 Å². The number of carbonyl (C=O) groups excluding carboxylic acids is 1. The Morgan fingerprint density at radius 2 is 1.76 bits per heavy atom.